The van der Waals surface area contributed by atoms with Gasteiger partial charge in [0.05, 0.1) is 0 Å². The Kier molecular flexibility index (Phi) is 5.85. The van der Waals surface area contributed by atoms with Gasteiger partial charge < -0.3 is 16.2 Å². The van der Waals surface area contributed by atoms with Crippen molar-refractivity contribution >= 4 is 11.6 Å². The molecule has 1 heterocycles. The maximum absolute atomic E-state index is 9.09. The van der Waals surface area contributed by atoms with Crippen molar-refractivity contribution in [2.45, 2.75) is 46.1 Å². The molecule has 4 N–H and O–H groups in total. The summed E-state index contributed by atoms with van der Waals surface area (Å²) < 4.78 is 0. The third-order valence-corrected chi connectivity index (χ3v) is 3.05. The molecule has 1 atom stereocenters. The van der Waals surface area contributed by atoms with Crippen LogP contribution in [0.25, 0.3) is 0 Å². The number of nitrogens with one attached hydrogen (secondary N) is 1. The zero-order valence-corrected chi connectivity index (χ0v) is 11.5. The number of hydrogen-bond donors (Lipinski definition) is 3. The Morgan fingerprint density at radius 3 is 2.67 bits per heavy atom. The zero-order valence-electron chi connectivity index (χ0n) is 11.5. The number of aliphatic hydroxyl groups is 1. The molecule has 5 nitrogen and oxygen atoms in total. The Morgan fingerprint density at radius 1 is 1.39 bits per heavy atom. The summed E-state index contributed by atoms with van der Waals surface area (Å²) >= 11 is 0. The fourth-order valence-electron chi connectivity index (χ4n) is 1.93. The fourth-order valence-corrected chi connectivity index (χ4v) is 1.93. The average molecular weight is 252 g/mol. The molecule has 0 saturated heterocycles. The van der Waals surface area contributed by atoms with E-state index in [1.165, 1.54) is 6.33 Å². The number of hydrogen-bond acceptors (Lipinski definition) is 5. The summed E-state index contributed by atoms with van der Waals surface area (Å²) in [4.78, 5) is 8.31. The average Bonchev–Trinajstić information content (AvgIpc) is 2.32. The van der Waals surface area contributed by atoms with Crippen LogP contribution in [0.1, 0.15) is 39.2 Å². The Balaban J connectivity index is 2.90. The summed E-state index contributed by atoms with van der Waals surface area (Å²) in [6, 6.07) is 0.194. The third-order valence-electron chi connectivity index (χ3n) is 3.05. The molecule has 102 valence electrons. The van der Waals surface area contributed by atoms with Crippen LogP contribution < -0.4 is 11.1 Å². The molecule has 0 amide bonds. The molecule has 1 aromatic rings. The number of nitrogens with two attached hydrogens (primary N) is 1. The number of nitrogens with zero attached hydrogens (tertiary/aromatic N) is 2. The van der Waals surface area contributed by atoms with E-state index in [9.17, 15) is 0 Å². The molecule has 5 heteroatoms. The van der Waals surface area contributed by atoms with Gasteiger partial charge in [-0.2, -0.15) is 0 Å². The maximum Gasteiger partial charge on any atom is 0.134 e. The first-order chi connectivity index (χ1) is 8.60. The van der Waals surface area contributed by atoms with Crippen LogP contribution in [0, 0.1) is 5.92 Å². The minimum absolute atomic E-state index is 0.166. The minimum atomic E-state index is 0.166. The van der Waals surface area contributed by atoms with Crippen LogP contribution >= 0.6 is 0 Å². The van der Waals surface area contributed by atoms with Crippen LogP contribution in [0.3, 0.4) is 0 Å². The summed E-state index contributed by atoms with van der Waals surface area (Å²) in [5.41, 5.74) is 6.87. The van der Waals surface area contributed by atoms with Crippen molar-refractivity contribution in [2.24, 2.45) is 5.92 Å². The summed E-state index contributed by atoms with van der Waals surface area (Å²) in [7, 11) is 0. The molecule has 0 fully saturated rings. The van der Waals surface area contributed by atoms with E-state index in [0.29, 0.717) is 18.2 Å². The van der Waals surface area contributed by atoms with Crippen molar-refractivity contribution in [3.8, 4) is 0 Å². The second kappa shape index (κ2) is 7.16. The summed E-state index contributed by atoms with van der Waals surface area (Å²) in [6.07, 6.45) is 4.04. The van der Waals surface area contributed by atoms with Gasteiger partial charge in [-0.3, -0.25) is 0 Å². The molecule has 0 aliphatic carbocycles. The van der Waals surface area contributed by atoms with Gasteiger partial charge in [-0.05, 0) is 18.8 Å². The zero-order chi connectivity index (χ0) is 13.5. The van der Waals surface area contributed by atoms with E-state index < -0.39 is 0 Å². The molecule has 0 aliphatic heterocycles. The van der Waals surface area contributed by atoms with Crippen LogP contribution in [0.4, 0.5) is 11.6 Å². The van der Waals surface area contributed by atoms with Gasteiger partial charge in [-0.1, -0.05) is 27.2 Å². The largest absolute Gasteiger partial charge is 0.396 e. The summed E-state index contributed by atoms with van der Waals surface area (Å²) in [6.45, 7) is 6.51. The van der Waals surface area contributed by atoms with E-state index in [1.54, 1.807) is 0 Å². The highest BCUT2D eigenvalue weighted by Gasteiger charge is 2.16. The van der Waals surface area contributed by atoms with E-state index >= 15 is 0 Å². The first-order valence-electron chi connectivity index (χ1n) is 6.56. The van der Waals surface area contributed by atoms with Crippen molar-refractivity contribution in [3.05, 3.63) is 11.9 Å². The monoisotopic (exact) mass is 252 g/mol. The predicted molar refractivity (Wildman–Crippen MR) is 74.4 cm³/mol. The quantitative estimate of drug-likeness (QED) is 0.689. The lowest BCUT2D eigenvalue weighted by Gasteiger charge is -2.23. The van der Waals surface area contributed by atoms with E-state index in [4.69, 9.17) is 10.8 Å². The van der Waals surface area contributed by atoms with Crippen LogP contribution in [-0.2, 0) is 6.42 Å². The lowest BCUT2D eigenvalue weighted by atomic mass is 10.0. The first-order valence-corrected chi connectivity index (χ1v) is 6.56. The lowest BCUT2D eigenvalue weighted by Crippen LogP contribution is -2.28. The van der Waals surface area contributed by atoms with Crippen molar-refractivity contribution < 1.29 is 5.11 Å². The van der Waals surface area contributed by atoms with Gasteiger partial charge in [0, 0.05) is 18.2 Å². The molecular formula is C13H24N4O. The second-order valence-corrected chi connectivity index (χ2v) is 4.84. The summed E-state index contributed by atoms with van der Waals surface area (Å²) in [5, 5.41) is 12.5. The van der Waals surface area contributed by atoms with Crippen LogP contribution in [0.5, 0.6) is 0 Å². The van der Waals surface area contributed by atoms with E-state index in [2.05, 4.69) is 36.1 Å². The van der Waals surface area contributed by atoms with Gasteiger partial charge in [0.25, 0.3) is 0 Å². The molecule has 0 radical (unpaired) electrons. The topological polar surface area (TPSA) is 84.1 Å². The number of aliphatic hydroxyl groups excluding tert-OH is 1. The van der Waals surface area contributed by atoms with E-state index in [-0.39, 0.29) is 12.6 Å². The minimum Gasteiger partial charge on any atom is -0.396 e. The molecule has 0 saturated carbocycles. The fraction of sp³-hybridized carbons (Fsp3) is 0.692. The predicted octanol–water partition coefficient (Wildman–Crippen LogP) is 1.83. The highest BCUT2D eigenvalue weighted by atomic mass is 16.3. The van der Waals surface area contributed by atoms with Gasteiger partial charge >= 0.3 is 0 Å². The molecule has 1 unspecified atom stereocenters. The number of aromatic nitrogens is 2. The molecular weight excluding hydrogens is 228 g/mol. The molecule has 1 aromatic heterocycles. The molecule has 0 aromatic carbocycles. The number of anilines is 2. The number of rotatable bonds is 7. The highest BCUT2D eigenvalue weighted by Crippen LogP contribution is 2.22. The molecule has 0 spiro atoms. The Hall–Kier alpha value is -1.36. The van der Waals surface area contributed by atoms with Crippen molar-refractivity contribution in [3.63, 3.8) is 0 Å². The standard InChI is InChI=1S/C13H24N4O/c1-4-5-10-12(14)15-8-16-13(10)17-11(6-7-18)9(2)3/h8-9,11,18H,4-7H2,1-3H3,(H3,14,15,16,17). The molecule has 18 heavy (non-hydrogen) atoms. The lowest BCUT2D eigenvalue weighted by molar-refractivity contribution is 0.267. The Morgan fingerprint density at radius 2 is 2.11 bits per heavy atom. The van der Waals surface area contributed by atoms with E-state index in [0.717, 1.165) is 24.2 Å². The SMILES string of the molecule is CCCc1c(N)ncnc1NC(CCO)C(C)C. The van der Waals surface area contributed by atoms with Gasteiger partial charge in [0.15, 0.2) is 0 Å². The Labute approximate surface area is 109 Å². The van der Waals surface area contributed by atoms with Crippen LogP contribution in [0.2, 0.25) is 0 Å². The van der Waals surface area contributed by atoms with Crippen molar-refractivity contribution in [2.75, 3.05) is 17.7 Å². The van der Waals surface area contributed by atoms with Gasteiger partial charge in [0.1, 0.15) is 18.0 Å². The molecule has 0 aliphatic rings. The van der Waals surface area contributed by atoms with Crippen LogP contribution in [-0.4, -0.2) is 27.7 Å². The van der Waals surface area contributed by atoms with Gasteiger partial charge in [-0.15, -0.1) is 0 Å². The van der Waals surface area contributed by atoms with Gasteiger partial charge in [-0.25, -0.2) is 9.97 Å². The number of nitrogen functional groups attached to an aromatic ring is 1. The molecule has 0 bridgehead atoms. The van der Waals surface area contributed by atoms with Crippen LogP contribution in [0.15, 0.2) is 6.33 Å². The van der Waals surface area contributed by atoms with Gasteiger partial charge in [0.2, 0.25) is 0 Å². The van der Waals surface area contributed by atoms with E-state index in [1.807, 2.05) is 0 Å². The van der Waals surface area contributed by atoms with Crippen molar-refractivity contribution in [1.29, 1.82) is 0 Å². The smallest absolute Gasteiger partial charge is 0.134 e. The highest BCUT2D eigenvalue weighted by molar-refractivity contribution is 5.55. The van der Waals surface area contributed by atoms with Crippen molar-refractivity contribution in [1.82, 2.24) is 9.97 Å². The Bertz CT molecular complexity index is 368. The second-order valence-electron chi connectivity index (χ2n) is 4.84. The summed E-state index contributed by atoms with van der Waals surface area (Å²) in [5.74, 6) is 1.76. The third kappa shape index (κ3) is 3.84. The maximum atomic E-state index is 9.09. The first kappa shape index (κ1) is 14.7. The molecule has 1 rings (SSSR count). The normalized spacial score (nSPS) is 12.7.